The van der Waals surface area contributed by atoms with E-state index >= 15 is 0 Å². The largest absolute Gasteiger partial charge is 0.472 e. The fourth-order valence-electron chi connectivity index (χ4n) is 3.40. The lowest BCUT2D eigenvalue weighted by Gasteiger charge is -2.24. The Labute approximate surface area is 213 Å². The van der Waals surface area contributed by atoms with Crippen LogP contribution in [0.3, 0.4) is 0 Å². The molecule has 1 N–H and O–H groups in total. The predicted octanol–water partition coefficient (Wildman–Crippen LogP) is 5.39. The van der Waals surface area contributed by atoms with Crippen molar-refractivity contribution in [1.82, 2.24) is 0 Å². The van der Waals surface area contributed by atoms with Gasteiger partial charge in [0.15, 0.2) is 6.10 Å². The van der Waals surface area contributed by atoms with Gasteiger partial charge in [-0.15, -0.1) is 0 Å². The number of phosphoric acid groups is 1. The van der Waals surface area contributed by atoms with E-state index in [2.05, 4.69) is 6.92 Å². The van der Waals surface area contributed by atoms with Gasteiger partial charge in [-0.1, -0.05) is 84.0 Å². The van der Waals surface area contributed by atoms with Gasteiger partial charge in [0, 0.05) is 6.42 Å². The van der Waals surface area contributed by atoms with Crippen molar-refractivity contribution >= 4 is 20.3 Å². The molecule has 0 saturated carbocycles. The molecule has 0 fully saturated rings. The van der Waals surface area contributed by atoms with Crippen LogP contribution >= 0.6 is 7.82 Å². The van der Waals surface area contributed by atoms with E-state index in [0.717, 1.165) is 19.3 Å². The molecule has 0 aliphatic carbocycles. The Morgan fingerprint density at radius 2 is 1.37 bits per heavy atom. The third-order valence-electron chi connectivity index (χ3n) is 5.60. The molecule has 0 bridgehead atoms. The zero-order chi connectivity index (χ0) is 26.4. The Kier molecular flexibility index (Phi) is 20.5. The standard InChI is InChI=1S/C25H50NO8P/c1-5-6-7-8-9-10-11-12-13-14-15-16-17-18-25(28)31-21-24(32-23-27)22-34-35(29,30)33-20-19-26(2,3)4/h23-24H,5-22H2,1-4H3/p+1. The molecule has 0 aliphatic heterocycles. The Morgan fingerprint density at radius 3 is 1.86 bits per heavy atom. The van der Waals surface area contributed by atoms with E-state index in [1.165, 1.54) is 64.2 Å². The second-order valence-corrected chi connectivity index (χ2v) is 11.6. The van der Waals surface area contributed by atoms with Gasteiger partial charge in [0.05, 0.1) is 27.7 Å². The highest BCUT2D eigenvalue weighted by Gasteiger charge is 2.25. The fraction of sp³-hybridized carbons (Fsp3) is 0.920. The zero-order valence-electron chi connectivity index (χ0n) is 22.6. The van der Waals surface area contributed by atoms with E-state index in [1.807, 2.05) is 21.1 Å². The number of carbonyl (C=O) groups excluding carboxylic acids is 2. The topological polar surface area (TPSA) is 108 Å². The van der Waals surface area contributed by atoms with Gasteiger partial charge in [0.25, 0.3) is 6.47 Å². The molecule has 0 rings (SSSR count). The molecule has 0 aliphatic rings. The van der Waals surface area contributed by atoms with Crippen molar-refractivity contribution < 1.29 is 42.1 Å². The quantitative estimate of drug-likeness (QED) is 0.0557. The van der Waals surface area contributed by atoms with Gasteiger partial charge < -0.3 is 18.9 Å². The Morgan fingerprint density at radius 1 is 0.857 bits per heavy atom. The summed E-state index contributed by atoms with van der Waals surface area (Å²) >= 11 is 0. The number of hydrogen-bond donors (Lipinski definition) is 1. The Balaban J connectivity index is 3.83. The number of phosphoric ester groups is 1. The lowest BCUT2D eigenvalue weighted by atomic mass is 10.0. The molecule has 0 amide bonds. The molecule has 0 aromatic heterocycles. The first-order chi connectivity index (χ1) is 16.6. The normalized spacial score (nSPS) is 14.3. The van der Waals surface area contributed by atoms with Gasteiger partial charge in [-0.25, -0.2) is 4.57 Å². The van der Waals surface area contributed by atoms with E-state index in [4.69, 9.17) is 18.5 Å². The van der Waals surface area contributed by atoms with Crippen molar-refractivity contribution in [2.24, 2.45) is 0 Å². The monoisotopic (exact) mass is 524 g/mol. The van der Waals surface area contributed by atoms with Crippen molar-refractivity contribution in [2.45, 2.75) is 103 Å². The Bertz CT molecular complexity index is 582. The smallest absolute Gasteiger partial charge is 0.462 e. The maximum absolute atomic E-state index is 12.0. The van der Waals surface area contributed by atoms with Crippen LogP contribution in [0.2, 0.25) is 0 Å². The predicted molar refractivity (Wildman–Crippen MR) is 137 cm³/mol. The first-order valence-electron chi connectivity index (χ1n) is 13.3. The molecule has 0 spiro atoms. The molecule has 2 unspecified atom stereocenters. The average Bonchev–Trinajstić information content (AvgIpc) is 2.77. The summed E-state index contributed by atoms with van der Waals surface area (Å²) in [6.07, 6.45) is 15.3. The van der Waals surface area contributed by atoms with Gasteiger partial charge in [-0.05, 0) is 6.42 Å². The number of ether oxygens (including phenoxy) is 2. The highest BCUT2D eigenvalue weighted by atomic mass is 31.2. The molecule has 0 heterocycles. The number of nitrogens with zero attached hydrogens (tertiary/aromatic N) is 1. The highest BCUT2D eigenvalue weighted by Crippen LogP contribution is 2.43. The summed E-state index contributed by atoms with van der Waals surface area (Å²) in [5, 5.41) is 0. The maximum Gasteiger partial charge on any atom is 0.472 e. The van der Waals surface area contributed by atoms with Gasteiger partial charge in [-0.2, -0.15) is 0 Å². The minimum Gasteiger partial charge on any atom is -0.462 e. The SMILES string of the molecule is CCCCCCCCCCCCCCCC(=O)OCC(COP(=O)(O)OCC[N+](C)(C)C)OC=O. The van der Waals surface area contributed by atoms with Gasteiger partial charge in [-0.3, -0.25) is 18.6 Å². The second-order valence-electron chi connectivity index (χ2n) is 10.1. The summed E-state index contributed by atoms with van der Waals surface area (Å²) in [5.41, 5.74) is 0. The Hall–Kier alpha value is -0.990. The second kappa shape index (κ2) is 21.1. The number of unbranched alkanes of at least 4 members (excludes halogenated alkanes) is 12. The van der Waals surface area contributed by atoms with Crippen molar-refractivity contribution in [1.29, 1.82) is 0 Å². The summed E-state index contributed by atoms with van der Waals surface area (Å²) in [6, 6.07) is 0. The molecule has 9 nitrogen and oxygen atoms in total. The van der Waals surface area contributed by atoms with E-state index in [0.29, 0.717) is 17.4 Å². The molecule has 0 aromatic carbocycles. The maximum atomic E-state index is 12.0. The number of hydrogen-bond acceptors (Lipinski definition) is 7. The first kappa shape index (κ1) is 34.0. The molecule has 35 heavy (non-hydrogen) atoms. The molecule has 2 atom stereocenters. The summed E-state index contributed by atoms with van der Waals surface area (Å²) in [7, 11) is 1.48. The third-order valence-corrected chi connectivity index (χ3v) is 6.59. The minimum absolute atomic E-state index is 0.0323. The van der Waals surface area contributed by atoms with Crippen molar-refractivity contribution in [3.8, 4) is 0 Å². The number of carbonyl (C=O) groups is 2. The van der Waals surface area contributed by atoms with Crippen LogP contribution in [0, 0.1) is 0 Å². The summed E-state index contributed by atoms with van der Waals surface area (Å²) in [5.74, 6) is -0.390. The molecular formula is C25H51NO8P+. The third kappa shape index (κ3) is 24.5. The van der Waals surface area contributed by atoms with Crippen molar-refractivity contribution in [3.05, 3.63) is 0 Å². The number of rotatable bonds is 25. The van der Waals surface area contributed by atoms with Crippen LogP contribution in [0.15, 0.2) is 0 Å². The molecule has 208 valence electrons. The van der Waals surface area contributed by atoms with Gasteiger partial charge in [0.2, 0.25) is 0 Å². The number of likely N-dealkylation sites (N-methyl/N-ethyl adjacent to an activating group) is 1. The number of quaternary nitrogens is 1. The molecular weight excluding hydrogens is 473 g/mol. The van der Waals surface area contributed by atoms with E-state index < -0.39 is 20.5 Å². The van der Waals surface area contributed by atoms with Crippen molar-refractivity contribution in [3.63, 3.8) is 0 Å². The van der Waals surface area contributed by atoms with Crippen LogP contribution in [-0.4, -0.2) is 75.4 Å². The molecule has 0 radical (unpaired) electrons. The van der Waals surface area contributed by atoms with Crippen molar-refractivity contribution in [2.75, 3.05) is 47.5 Å². The summed E-state index contributed by atoms with van der Waals surface area (Å²) in [4.78, 5) is 32.4. The highest BCUT2D eigenvalue weighted by molar-refractivity contribution is 7.47. The minimum atomic E-state index is -4.29. The average molecular weight is 525 g/mol. The number of esters is 1. The van der Waals surface area contributed by atoms with E-state index in [9.17, 15) is 19.0 Å². The van der Waals surface area contributed by atoms with E-state index in [1.54, 1.807) is 0 Å². The van der Waals surface area contributed by atoms with Crippen LogP contribution in [0.1, 0.15) is 96.8 Å². The van der Waals surface area contributed by atoms with Gasteiger partial charge >= 0.3 is 13.8 Å². The molecule has 10 heteroatoms. The van der Waals surface area contributed by atoms with Gasteiger partial charge in [0.1, 0.15) is 19.8 Å². The van der Waals surface area contributed by atoms with E-state index in [-0.39, 0.29) is 25.7 Å². The van der Waals surface area contributed by atoms with Crippen LogP contribution < -0.4 is 0 Å². The van der Waals surface area contributed by atoms with Crippen LogP contribution in [0.4, 0.5) is 0 Å². The van der Waals surface area contributed by atoms with Crippen LogP contribution in [0.25, 0.3) is 0 Å². The van der Waals surface area contributed by atoms with Crippen LogP contribution in [-0.2, 0) is 32.7 Å². The lowest BCUT2D eigenvalue weighted by Crippen LogP contribution is -2.37. The zero-order valence-corrected chi connectivity index (χ0v) is 23.5. The fourth-order valence-corrected chi connectivity index (χ4v) is 4.14. The first-order valence-corrected chi connectivity index (χ1v) is 14.8. The van der Waals surface area contributed by atoms with Crippen LogP contribution in [0.5, 0.6) is 0 Å². The molecule has 0 saturated heterocycles. The summed E-state index contributed by atoms with van der Waals surface area (Å²) in [6.45, 7) is 2.32. The lowest BCUT2D eigenvalue weighted by molar-refractivity contribution is -0.870. The molecule has 0 aromatic rings. The summed E-state index contributed by atoms with van der Waals surface area (Å²) < 4.78 is 32.2.